The van der Waals surface area contributed by atoms with Crippen LogP contribution in [-0.4, -0.2) is 39.4 Å². The van der Waals surface area contributed by atoms with Crippen LogP contribution in [-0.2, 0) is 11.8 Å². The monoisotopic (exact) mass is 471 g/mol. The van der Waals surface area contributed by atoms with E-state index in [-0.39, 0.29) is 17.7 Å². The predicted octanol–water partition coefficient (Wildman–Crippen LogP) is 5.00. The van der Waals surface area contributed by atoms with Gasteiger partial charge in [0, 0.05) is 43.2 Å². The molecule has 0 bridgehead atoms. The van der Waals surface area contributed by atoms with E-state index in [9.17, 15) is 9.59 Å². The molecule has 35 heavy (non-hydrogen) atoms. The van der Waals surface area contributed by atoms with Crippen molar-refractivity contribution in [1.29, 1.82) is 5.26 Å². The number of carbonyl (C=O) groups excluding carboxylic acids is 2. The maximum atomic E-state index is 12.9. The first-order chi connectivity index (χ1) is 16.7. The standard InChI is InChI=1S/C28H33N5O2/c1-17(2)18(3)28(35)33-11-9-21(10-12-33)23-16-32(5)26-25(23)19(4)24(15-30-26)31-27(34)22-8-6-7-20(13-22)14-29/h6-8,13,15-18,21H,9-12H2,1-5H3,(H,31,34). The number of nitrogens with zero attached hydrogens (tertiary/aromatic N) is 4. The normalized spacial score (nSPS) is 15.3. The highest BCUT2D eigenvalue weighted by Gasteiger charge is 2.30. The number of aromatic nitrogens is 2. The van der Waals surface area contributed by atoms with Crippen LogP contribution in [0.5, 0.6) is 0 Å². The lowest BCUT2D eigenvalue weighted by Crippen LogP contribution is -2.41. The lowest BCUT2D eigenvalue weighted by molar-refractivity contribution is -0.137. The molecule has 0 spiro atoms. The minimum Gasteiger partial charge on any atom is -0.342 e. The second kappa shape index (κ2) is 9.91. The number of piperidine rings is 1. The number of aryl methyl sites for hydroxylation is 2. The molecular weight excluding hydrogens is 438 g/mol. The number of rotatable bonds is 5. The summed E-state index contributed by atoms with van der Waals surface area (Å²) in [5.74, 6) is 0.684. The molecule has 1 atom stereocenters. The molecule has 1 aliphatic rings. The maximum absolute atomic E-state index is 12.9. The van der Waals surface area contributed by atoms with Gasteiger partial charge in [-0.2, -0.15) is 5.26 Å². The van der Waals surface area contributed by atoms with E-state index in [1.165, 1.54) is 5.56 Å². The molecule has 1 fully saturated rings. The summed E-state index contributed by atoms with van der Waals surface area (Å²) in [6.07, 6.45) is 5.66. The first-order valence-electron chi connectivity index (χ1n) is 12.3. The Morgan fingerprint density at radius 1 is 1.20 bits per heavy atom. The van der Waals surface area contributed by atoms with Gasteiger partial charge in [-0.05, 0) is 60.9 Å². The number of pyridine rings is 1. The maximum Gasteiger partial charge on any atom is 0.255 e. The van der Waals surface area contributed by atoms with Crippen molar-refractivity contribution in [2.24, 2.45) is 18.9 Å². The van der Waals surface area contributed by atoms with E-state index >= 15 is 0 Å². The van der Waals surface area contributed by atoms with Gasteiger partial charge < -0.3 is 14.8 Å². The summed E-state index contributed by atoms with van der Waals surface area (Å²) in [6, 6.07) is 8.73. The van der Waals surface area contributed by atoms with Gasteiger partial charge in [0.2, 0.25) is 5.91 Å². The summed E-state index contributed by atoms with van der Waals surface area (Å²) in [7, 11) is 1.99. The van der Waals surface area contributed by atoms with Crippen molar-refractivity contribution in [3.8, 4) is 6.07 Å². The number of nitriles is 1. The van der Waals surface area contributed by atoms with E-state index in [1.807, 2.05) is 30.4 Å². The summed E-state index contributed by atoms with van der Waals surface area (Å²) in [5.41, 5.74) is 4.62. The molecule has 7 heteroatoms. The SMILES string of the molecule is Cc1c(NC(=O)c2cccc(C#N)c2)cnc2c1c(C1CCN(C(=O)C(C)C(C)C)CC1)cn2C. The Hall–Kier alpha value is -3.66. The van der Waals surface area contributed by atoms with Crippen LogP contribution in [0.3, 0.4) is 0 Å². The summed E-state index contributed by atoms with van der Waals surface area (Å²) < 4.78 is 2.04. The number of nitrogens with one attached hydrogen (secondary N) is 1. The van der Waals surface area contributed by atoms with E-state index < -0.39 is 0 Å². The first kappa shape index (κ1) is 24.5. The van der Waals surface area contributed by atoms with E-state index in [4.69, 9.17) is 5.26 Å². The number of hydrogen-bond donors (Lipinski definition) is 1. The molecule has 4 rings (SSSR count). The number of anilines is 1. The summed E-state index contributed by atoms with van der Waals surface area (Å²) >= 11 is 0. The van der Waals surface area contributed by atoms with Crippen molar-refractivity contribution in [3.63, 3.8) is 0 Å². The second-order valence-electron chi connectivity index (χ2n) is 9.97. The van der Waals surface area contributed by atoms with Crippen LogP contribution in [0, 0.1) is 30.1 Å². The highest BCUT2D eigenvalue weighted by Crippen LogP contribution is 2.37. The summed E-state index contributed by atoms with van der Waals surface area (Å²) in [5, 5.41) is 13.2. The van der Waals surface area contributed by atoms with Crippen LogP contribution in [0.2, 0.25) is 0 Å². The molecule has 3 heterocycles. The van der Waals surface area contributed by atoms with Gasteiger partial charge in [-0.15, -0.1) is 0 Å². The lowest BCUT2D eigenvalue weighted by atomic mass is 9.87. The van der Waals surface area contributed by atoms with Crippen molar-refractivity contribution in [2.75, 3.05) is 18.4 Å². The van der Waals surface area contributed by atoms with Crippen LogP contribution in [0.15, 0.2) is 36.7 Å². The molecule has 1 unspecified atom stereocenters. The molecule has 0 saturated carbocycles. The van der Waals surface area contributed by atoms with Crippen molar-refractivity contribution in [3.05, 3.63) is 58.9 Å². The van der Waals surface area contributed by atoms with Gasteiger partial charge in [-0.25, -0.2) is 4.98 Å². The Morgan fingerprint density at radius 2 is 1.91 bits per heavy atom. The summed E-state index contributed by atoms with van der Waals surface area (Å²) in [4.78, 5) is 32.4. The van der Waals surface area contributed by atoms with E-state index in [2.05, 4.69) is 36.4 Å². The molecule has 7 nitrogen and oxygen atoms in total. The number of fused-ring (bicyclic) bond motifs is 1. The zero-order chi connectivity index (χ0) is 25.3. The quantitative estimate of drug-likeness (QED) is 0.567. The third-order valence-corrected chi connectivity index (χ3v) is 7.41. The number of likely N-dealkylation sites (tertiary alicyclic amines) is 1. The van der Waals surface area contributed by atoms with Gasteiger partial charge in [-0.3, -0.25) is 9.59 Å². The molecule has 2 aromatic heterocycles. The average molecular weight is 472 g/mol. The minimum absolute atomic E-state index is 0.0376. The average Bonchev–Trinajstić information content (AvgIpc) is 3.21. The van der Waals surface area contributed by atoms with Crippen molar-refractivity contribution in [2.45, 2.75) is 46.5 Å². The van der Waals surface area contributed by atoms with Crippen LogP contribution in [0.4, 0.5) is 5.69 Å². The zero-order valence-corrected chi connectivity index (χ0v) is 21.1. The Balaban J connectivity index is 1.58. The van der Waals surface area contributed by atoms with Crippen LogP contribution < -0.4 is 5.32 Å². The van der Waals surface area contributed by atoms with Crippen molar-refractivity contribution < 1.29 is 9.59 Å². The molecular formula is C28H33N5O2. The molecule has 182 valence electrons. The third-order valence-electron chi connectivity index (χ3n) is 7.41. The van der Waals surface area contributed by atoms with Crippen LogP contribution in [0.25, 0.3) is 11.0 Å². The highest BCUT2D eigenvalue weighted by atomic mass is 16.2. The number of benzene rings is 1. The Kier molecular flexibility index (Phi) is 6.93. The van der Waals surface area contributed by atoms with Crippen LogP contribution >= 0.6 is 0 Å². The van der Waals surface area contributed by atoms with Gasteiger partial charge in [0.25, 0.3) is 5.91 Å². The minimum atomic E-state index is -0.269. The largest absolute Gasteiger partial charge is 0.342 e. The molecule has 0 aliphatic carbocycles. The number of hydrogen-bond acceptors (Lipinski definition) is 4. The van der Waals surface area contributed by atoms with Crippen molar-refractivity contribution in [1.82, 2.24) is 14.5 Å². The van der Waals surface area contributed by atoms with Crippen molar-refractivity contribution >= 4 is 28.5 Å². The number of carbonyl (C=O) groups is 2. The van der Waals surface area contributed by atoms with E-state index in [1.54, 1.807) is 30.5 Å². The Bertz CT molecular complexity index is 1310. The molecule has 1 aromatic carbocycles. The summed E-state index contributed by atoms with van der Waals surface area (Å²) in [6.45, 7) is 9.74. The van der Waals surface area contributed by atoms with Gasteiger partial charge in [0.05, 0.1) is 23.5 Å². The molecule has 1 aliphatic heterocycles. The zero-order valence-electron chi connectivity index (χ0n) is 21.1. The van der Waals surface area contributed by atoms with Gasteiger partial charge >= 0.3 is 0 Å². The fourth-order valence-corrected chi connectivity index (χ4v) is 4.88. The topological polar surface area (TPSA) is 91.0 Å². The third kappa shape index (κ3) is 4.79. The Labute approximate surface area is 206 Å². The van der Waals surface area contributed by atoms with Gasteiger partial charge in [0.1, 0.15) is 5.65 Å². The molecule has 3 aromatic rings. The predicted molar refractivity (Wildman–Crippen MR) is 137 cm³/mol. The fraction of sp³-hybridized carbons (Fsp3) is 0.429. The molecule has 1 saturated heterocycles. The van der Waals surface area contributed by atoms with Gasteiger partial charge in [0.15, 0.2) is 0 Å². The second-order valence-corrected chi connectivity index (χ2v) is 9.97. The molecule has 1 N–H and O–H groups in total. The van der Waals surface area contributed by atoms with Gasteiger partial charge in [-0.1, -0.05) is 26.8 Å². The first-order valence-corrected chi connectivity index (χ1v) is 12.3. The van der Waals surface area contributed by atoms with E-state index in [0.29, 0.717) is 28.7 Å². The smallest absolute Gasteiger partial charge is 0.255 e. The number of amides is 2. The van der Waals surface area contributed by atoms with Crippen LogP contribution in [0.1, 0.15) is 66.6 Å². The highest BCUT2D eigenvalue weighted by molar-refractivity contribution is 6.06. The fourth-order valence-electron chi connectivity index (χ4n) is 4.88. The van der Waals surface area contributed by atoms with E-state index in [0.717, 1.165) is 42.5 Å². The lowest BCUT2D eigenvalue weighted by Gasteiger charge is -2.34. The molecule has 0 radical (unpaired) electrons. The Morgan fingerprint density at radius 3 is 2.57 bits per heavy atom. The molecule has 2 amide bonds.